The summed E-state index contributed by atoms with van der Waals surface area (Å²) in [5.41, 5.74) is 4.66. The van der Waals surface area contributed by atoms with E-state index in [9.17, 15) is 4.79 Å². The van der Waals surface area contributed by atoms with Crippen LogP contribution in [0.4, 0.5) is 11.4 Å². The SMILES string of the molecule is O=C1/C(=C2/COCCN2)c2cc(NC3COC3)ccc2N1C1CCOCC1. The van der Waals surface area contributed by atoms with Crippen LogP contribution in [0.1, 0.15) is 18.4 Å². The van der Waals surface area contributed by atoms with Crippen molar-refractivity contribution in [3.05, 3.63) is 29.5 Å². The number of rotatable bonds is 3. The minimum atomic E-state index is 0.0778. The average molecular weight is 371 g/mol. The first-order valence-corrected chi connectivity index (χ1v) is 9.76. The summed E-state index contributed by atoms with van der Waals surface area (Å²) in [5, 5.41) is 6.87. The molecule has 5 rings (SSSR count). The fourth-order valence-electron chi connectivity index (χ4n) is 4.19. The lowest BCUT2D eigenvalue weighted by Crippen LogP contribution is -2.42. The third-order valence-electron chi connectivity index (χ3n) is 5.66. The lowest BCUT2D eigenvalue weighted by atomic mass is 10.0. The van der Waals surface area contributed by atoms with Gasteiger partial charge in [0.05, 0.1) is 49.4 Å². The summed E-state index contributed by atoms with van der Waals surface area (Å²) in [6.45, 7) is 4.73. The van der Waals surface area contributed by atoms with Gasteiger partial charge in [-0.05, 0) is 31.0 Å². The molecule has 0 aliphatic carbocycles. The van der Waals surface area contributed by atoms with E-state index in [2.05, 4.69) is 28.8 Å². The summed E-state index contributed by atoms with van der Waals surface area (Å²) in [6, 6.07) is 6.77. The number of hydrogen-bond donors (Lipinski definition) is 2. The third-order valence-corrected chi connectivity index (χ3v) is 5.66. The van der Waals surface area contributed by atoms with E-state index in [1.807, 2.05) is 4.90 Å². The van der Waals surface area contributed by atoms with Crippen molar-refractivity contribution >= 4 is 22.9 Å². The summed E-state index contributed by atoms with van der Waals surface area (Å²) in [6.07, 6.45) is 1.74. The zero-order chi connectivity index (χ0) is 18.2. The van der Waals surface area contributed by atoms with Crippen molar-refractivity contribution in [2.75, 3.05) is 56.4 Å². The van der Waals surface area contributed by atoms with Crippen molar-refractivity contribution < 1.29 is 19.0 Å². The quantitative estimate of drug-likeness (QED) is 0.782. The maximum Gasteiger partial charge on any atom is 0.261 e. The van der Waals surface area contributed by atoms with Gasteiger partial charge < -0.3 is 29.7 Å². The van der Waals surface area contributed by atoms with Gasteiger partial charge in [-0.15, -0.1) is 0 Å². The molecule has 0 radical (unpaired) electrons. The number of benzene rings is 1. The molecule has 0 atom stereocenters. The maximum atomic E-state index is 13.5. The van der Waals surface area contributed by atoms with Crippen molar-refractivity contribution in [3.63, 3.8) is 0 Å². The molecule has 0 unspecified atom stereocenters. The Labute approximate surface area is 158 Å². The maximum absolute atomic E-state index is 13.5. The molecule has 3 saturated heterocycles. The smallest absolute Gasteiger partial charge is 0.261 e. The van der Waals surface area contributed by atoms with Gasteiger partial charge in [-0.25, -0.2) is 0 Å². The van der Waals surface area contributed by atoms with Gasteiger partial charge in [0.25, 0.3) is 5.91 Å². The molecule has 144 valence electrons. The first-order valence-electron chi connectivity index (χ1n) is 9.76. The number of morpholine rings is 1. The summed E-state index contributed by atoms with van der Waals surface area (Å²) in [4.78, 5) is 15.4. The number of nitrogens with zero attached hydrogens (tertiary/aromatic N) is 1. The van der Waals surface area contributed by atoms with Crippen LogP contribution in [0, 0.1) is 0 Å². The second-order valence-corrected chi connectivity index (χ2v) is 7.46. The first kappa shape index (κ1) is 17.0. The number of ether oxygens (including phenoxy) is 3. The summed E-state index contributed by atoms with van der Waals surface area (Å²) in [5.74, 6) is 0.0778. The predicted octanol–water partition coefficient (Wildman–Crippen LogP) is 1.35. The Morgan fingerprint density at radius 1 is 1.07 bits per heavy atom. The Morgan fingerprint density at radius 3 is 2.63 bits per heavy atom. The molecule has 7 heteroatoms. The Bertz CT molecular complexity index is 760. The molecule has 27 heavy (non-hydrogen) atoms. The number of carbonyl (C=O) groups is 1. The second kappa shape index (κ2) is 7.14. The number of amides is 1. The summed E-state index contributed by atoms with van der Waals surface area (Å²) >= 11 is 0. The van der Waals surface area contributed by atoms with E-state index in [1.54, 1.807) is 0 Å². The van der Waals surface area contributed by atoms with Crippen LogP contribution in [0.25, 0.3) is 5.57 Å². The Morgan fingerprint density at radius 2 is 1.93 bits per heavy atom. The van der Waals surface area contributed by atoms with E-state index >= 15 is 0 Å². The molecule has 4 aliphatic rings. The van der Waals surface area contributed by atoms with Gasteiger partial charge >= 0.3 is 0 Å². The second-order valence-electron chi connectivity index (χ2n) is 7.46. The van der Waals surface area contributed by atoms with Crippen molar-refractivity contribution in [3.8, 4) is 0 Å². The highest BCUT2D eigenvalue weighted by molar-refractivity contribution is 6.33. The van der Waals surface area contributed by atoms with E-state index in [-0.39, 0.29) is 11.9 Å². The highest BCUT2D eigenvalue weighted by atomic mass is 16.5. The van der Waals surface area contributed by atoms with Crippen molar-refractivity contribution in [2.45, 2.75) is 24.9 Å². The molecule has 0 aromatic heterocycles. The van der Waals surface area contributed by atoms with Crippen LogP contribution in [-0.4, -0.2) is 64.2 Å². The molecule has 1 aromatic carbocycles. The zero-order valence-electron chi connectivity index (χ0n) is 15.3. The number of hydrogen-bond acceptors (Lipinski definition) is 6. The van der Waals surface area contributed by atoms with Crippen LogP contribution >= 0.6 is 0 Å². The van der Waals surface area contributed by atoms with Gasteiger partial charge in [0, 0.05) is 37.1 Å². The molecule has 1 amide bonds. The number of fused-ring (bicyclic) bond motifs is 1. The Balaban J connectivity index is 1.54. The largest absolute Gasteiger partial charge is 0.383 e. The van der Waals surface area contributed by atoms with Crippen LogP contribution in [0.15, 0.2) is 23.9 Å². The Hall–Kier alpha value is -2.09. The lowest BCUT2D eigenvalue weighted by molar-refractivity contribution is -0.113. The molecule has 0 spiro atoms. The van der Waals surface area contributed by atoms with Crippen LogP contribution in [0.5, 0.6) is 0 Å². The average Bonchev–Trinajstić information content (AvgIpc) is 2.97. The van der Waals surface area contributed by atoms with Crippen LogP contribution in [0.3, 0.4) is 0 Å². The van der Waals surface area contributed by atoms with Gasteiger partial charge in [0.2, 0.25) is 0 Å². The number of nitrogens with one attached hydrogen (secondary N) is 2. The Kier molecular flexibility index (Phi) is 4.51. The first-order chi connectivity index (χ1) is 13.3. The summed E-state index contributed by atoms with van der Waals surface area (Å²) < 4.78 is 16.4. The molecular weight excluding hydrogens is 346 g/mol. The minimum absolute atomic E-state index is 0.0778. The molecule has 0 bridgehead atoms. The minimum Gasteiger partial charge on any atom is -0.383 e. The van der Waals surface area contributed by atoms with E-state index in [1.165, 1.54) is 0 Å². The molecule has 3 fully saturated rings. The van der Waals surface area contributed by atoms with Gasteiger partial charge in [-0.1, -0.05) is 0 Å². The van der Waals surface area contributed by atoms with Gasteiger partial charge in [0.1, 0.15) is 0 Å². The number of anilines is 2. The van der Waals surface area contributed by atoms with E-state index in [0.717, 1.165) is 60.8 Å². The predicted molar refractivity (Wildman–Crippen MR) is 102 cm³/mol. The van der Waals surface area contributed by atoms with Gasteiger partial charge in [-0.2, -0.15) is 0 Å². The monoisotopic (exact) mass is 371 g/mol. The van der Waals surface area contributed by atoms with Crippen molar-refractivity contribution in [1.29, 1.82) is 0 Å². The zero-order valence-corrected chi connectivity index (χ0v) is 15.3. The molecule has 7 nitrogen and oxygen atoms in total. The molecule has 0 saturated carbocycles. The topological polar surface area (TPSA) is 72.1 Å². The normalized spacial score (nSPS) is 26.5. The van der Waals surface area contributed by atoms with Crippen molar-refractivity contribution in [1.82, 2.24) is 5.32 Å². The molecule has 2 N–H and O–H groups in total. The van der Waals surface area contributed by atoms with Crippen LogP contribution in [0.2, 0.25) is 0 Å². The molecule has 4 heterocycles. The van der Waals surface area contributed by atoms with E-state index in [4.69, 9.17) is 14.2 Å². The summed E-state index contributed by atoms with van der Waals surface area (Å²) in [7, 11) is 0. The van der Waals surface area contributed by atoms with Crippen LogP contribution in [-0.2, 0) is 19.0 Å². The third kappa shape index (κ3) is 3.09. The highest BCUT2D eigenvalue weighted by Gasteiger charge is 2.39. The van der Waals surface area contributed by atoms with Gasteiger partial charge in [0.15, 0.2) is 0 Å². The van der Waals surface area contributed by atoms with Gasteiger partial charge in [-0.3, -0.25) is 4.79 Å². The van der Waals surface area contributed by atoms with Crippen LogP contribution < -0.4 is 15.5 Å². The fourth-order valence-corrected chi connectivity index (χ4v) is 4.19. The fraction of sp³-hybridized carbons (Fsp3) is 0.550. The lowest BCUT2D eigenvalue weighted by Gasteiger charge is -2.32. The molecular formula is C20H25N3O4. The van der Waals surface area contributed by atoms with E-state index in [0.29, 0.717) is 32.5 Å². The van der Waals surface area contributed by atoms with E-state index < -0.39 is 0 Å². The van der Waals surface area contributed by atoms with Crippen molar-refractivity contribution in [2.24, 2.45) is 0 Å². The highest BCUT2D eigenvalue weighted by Crippen LogP contribution is 2.42. The molecule has 1 aromatic rings. The standard InChI is InChI=1S/C20H25N3O4/c24-20-19(17-12-26-8-5-21-17)16-9-13(22-14-10-27-11-14)1-2-18(16)23(20)15-3-6-25-7-4-15/h1-2,9,14-15,21-22H,3-8,10-12H2/b19-17-. The number of carbonyl (C=O) groups excluding carboxylic acids is 1. The molecule has 4 aliphatic heterocycles.